The van der Waals surface area contributed by atoms with Gasteiger partial charge in [-0.15, -0.1) is 0 Å². The Labute approximate surface area is 163 Å². The van der Waals surface area contributed by atoms with Gasteiger partial charge in [-0.3, -0.25) is 0 Å². The van der Waals surface area contributed by atoms with Crippen LogP contribution in [0, 0.1) is 0 Å². The van der Waals surface area contributed by atoms with E-state index in [0.29, 0.717) is 32.5 Å². The van der Waals surface area contributed by atoms with E-state index in [2.05, 4.69) is 26.8 Å². The summed E-state index contributed by atoms with van der Waals surface area (Å²) < 4.78 is 11.7. The molecule has 0 bridgehead atoms. The number of hydrogen-bond acceptors (Lipinski definition) is 4. The van der Waals surface area contributed by atoms with Crippen molar-refractivity contribution < 1.29 is 19.7 Å². The molecule has 0 amide bonds. The van der Waals surface area contributed by atoms with Crippen LogP contribution in [0.25, 0.3) is 0 Å². The van der Waals surface area contributed by atoms with Gasteiger partial charge in [0, 0.05) is 18.8 Å². The number of benzene rings is 1. The maximum atomic E-state index is 10.8. The molecule has 27 heavy (non-hydrogen) atoms. The fourth-order valence-electron chi connectivity index (χ4n) is 4.63. The molecule has 2 fully saturated rings. The Kier molecular flexibility index (Phi) is 6.50. The van der Waals surface area contributed by atoms with Crippen LogP contribution < -0.4 is 0 Å². The van der Waals surface area contributed by atoms with Gasteiger partial charge in [-0.25, -0.2) is 0 Å². The topological polar surface area (TPSA) is 58.9 Å². The molecule has 1 saturated carbocycles. The summed E-state index contributed by atoms with van der Waals surface area (Å²) in [4.78, 5) is 0. The molecular weight excluding hydrogens is 340 g/mol. The van der Waals surface area contributed by atoms with Crippen molar-refractivity contribution >= 4 is 0 Å². The Bertz CT molecular complexity index is 619. The molecule has 1 aromatic rings. The minimum atomic E-state index is -0.576. The predicted octanol–water partition coefficient (Wildman–Crippen LogP) is 5.01. The number of aliphatic hydroxyl groups is 1. The van der Waals surface area contributed by atoms with E-state index in [0.717, 1.165) is 17.5 Å². The molecule has 152 valence electrons. The predicted molar refractivity (Wildman–Crippen MR) is 107 cm³/mol. The fraction of sp³-hybridized carbons (Fsp3) is 0.739. The summed E-state index contributed by atoms with van der Waals surface area (Å²) in [5.74, 6) is -0.445. The standard InChI is InChI=1S/C23H36O4/c1-4-5-6-7-11-22(2,3)17-8-9-18(21(25)15-17)19-16-23(12-10-20(19)24)26-13-14-27-23/h8-9,15,19-20,24-25H,4-7,10-14,16H2,1-3H3. The third-order valence-corrected chi connectivity index (χ3v) is 6.50. The molecule has 1 aliphatic carbocycles. The van der Waals surface area contributed by atoms with Crippen LogP contribution in [0.3, 0.4) is 0 Å². The maximum Gasteiger partial charge on any atom is 0.169 e. The summed E-state index contributed by atoms with van der Waals surface area (Å²) >= 11 is 0. The van der Waals surface area contributed by atoms with Crippen molar-refractivity contribution in [1.82, 2.24) is 0 Å². The van der Waals surface area contributed by atoms with Crippen LogP contribution in [-0.4, -0.2) is 35.3 Å². The lowest BCUT2D eigenvalue weighted by molar-refractivity contribution is -0.193. The Morgan fingerprint density at radius 3 is 2.56 bits per heavy atom. The summed E-state index contributed by atoms with van der Waals surface area (Å²) in [6.07, 6.45) is 7.60. The minimum absolute atomic E-state index is 0.0355. The number of aromatic hydroxyl groups is 1. The number of phenols is 1. The second-order valence-corrected chi connectivity index (χ2v) is 8.99. The van der Waals surface area contributed by atoms with Crippen LogP contribution in [0.1, 0.15) is 89.2 Å². The monoisotopic (exact) mass is 376 g/mol. The highest BCUT2D eigenvalue weighted by molar-refractivity contribution is 5.42. The lowest BCUT2D eigenvalue weighted by Gasteiger charge is -2.39. The summed E-state index contributed by atoms with van der Waals surface area (Å²) in [5.41, 5.74) is 2.01. The zero-order valence-electron chi connectivity index (χ0n) is 17.2. The van der Waals surface area contributed by atoms with Gasteiger partial charge in [-0.2, -0.15) is 0 Å². The van der Waals surface area contributed by atoms with Gasteiger partial charge in [0.1, 0.15) is 5.75 Å². The number of hydrogen-bond donors (Lipinski definition) is 2. The molecule has 3 rings (SSSR count). The molecule has 2 N–H and O–H groups in total. The quantitative estimate of drug-likeness (QED) is 0.657. The molecule has 1 spiro atoms. The van der Waals surface area contributed by atoms with Gasteiger partial charge in [0.15, 0.2) is 5.79 Å². The van der Waals surface area contributed by atoms with Gasteiger partial charge in [0.25, 0.3) is 0 Å². The first kappa shape index (κ1) is 20.6. The highest BCUT2D eigenvalue weighted by Crippen LogP contribution is 2.46. The molecule has 0 radical (unpaired) electrons. The van der Waals surface area contributed by atoms with Gasteiger partial charge in [0.2, 0.25) is 0 Å². The Balaban J connectivity index is 1.73. The van der Waals surface area contributed by atoms with E-state index in [-0.39, 0.29) is 17.1 Å². The first-order valence-corrected chi connectivity index (χ1v) is 10.7. The first-order chi connectivity index (χ1) is 12.9. The summed E-state index contributed by atoms with van der Waals surface area (Å²) in [6, 6.07) is 6.03. The third-order valence-electron chi connectivity index (χ3n) is 6.50. The lowest BCUT2D eigenvalue weighted by atomic mass is 9.75. The molecule has 1 heterocycles. The maximum absolute atomic E-state index is 10.8. The van der Waals surface area contributed by atoms with Gasteiger partial charge >= 0.3 is 0 Å². The van der Waals surface area contributed by atoms with Crippen LogP contribution in [0.15, 0.2) is 18.2 Å². The molecule has 1 aromatic carbocycles. The normalized spacial score (nSPS) is 25.2. The summed E-state index contributed by atoms with van der Waals surface area (Å²) in [7, 11) is 0. The Morgan fingerprint density at radius 1 is 1.15 bits per heavy atom. The molecule has 4 nitrogen and oxygen atoms in total. The SMILES string of the molecule is CCCCCCC(C)(C)c1ccc(C2CC3(CCC2O)OCCO3)c(O)c1. The first-order valence-electron chi connectivity index (χ1n) is 10.7. The summed E-state index contributed by atoms with van der Waals surface area (Å²) in [5, 5.41) is 21.3. The summed E-state index contributed by atoms with van der Waals surface area (Å²) in [6.45, 7) is 7.95. The van der Waals surface area contributed by atoms with Crippen LogP contribution in [0.5, 0.6) is 5.75 Å². The Hall–Kier alpha value is -1.10. The van der Waals surface area contributed by atoms with Gasteiger partial charge < -0.3 is 19.7 Å². The van der Waals surface area contributed by atoms with Crippen molar-refractivity contribution in [1.29, 1.82) is 0 Å². The molecule has 1 aliphatic heterocycles. The van der Waals surface area contributed by atoms with Crippen LogP contribution in [-0.2, 0) is 14.9 Å². The van der Waals surface area contributed by atoms with Crippen molar-refractivity contribution in [3.05, 3.63) is 29.3 Å². The van der Waals surface area contributed by atoms with E-state index in [9.17, 15) is 10.2 Å². The molecule has 0 aromatic heterocycles. The number of ether oxygens (including phenoxy) is 2. The number of unbranched alkanes of at least 4 members (excludes halogenated alkanes) is 3. The van der Waals surface area contributed by atoms with Gasteiger partial charge in [-0.05, 0) is 35.4 Å². The van der Waals surface area contributed by atoms with Crippen molar-refractivity contribution in [3.8, 4) is 5.75 Å². The van der Waals surface area contributed by atoms with Crippen molar-refractivity contribution in [2.75, 3.05) is 13.2 Å². The van der Waals surface area contributed by atoms with E-state index >= 15 is 0 Å². The van der Waals surface area contributed by atoms with Crippen LogP contribution in [0.4, 0.5) is 0 Å². The number of rotatable bonds is 7. The van der Waals surface area contributed by atoms with Crippen molar-refractivity contribution in [2.45, 2.75) is 95.4 Å². The number of aliphatic hydroxyl groups excluding tert-OH is 1. The number of phenolic OH excluding ortho intramolecular Hbond substituents is 1. The second kappa shape index (κ2) is 8.50. The van der Waals surface area contributed by atoms with E-state index in [1.165, 1.54) is 25.7 Å². The van der Waals surface area contributed by atoms with Crippen LogP contribution >= 0.6 is 0 Å². The third kappa shape index (κ3) is 4.67. The van der Waals surface area contributed by atoms with Gasteiger partial charge in [0.05, 0.1) is 19.3 Å². The zero-order chi connectivity index (χ0) is 19.5. The molecular formula is C23H36O4. The second-order valence-electron chi connectivity index (χ2n) is 8.99. The van der Waals surface area contributed by atoms with E-state index in [1.54, 1.807) is 0 Å². The average molecular weight is 377 g/mol. The lowest BCUT2D eigenvalue weighted by Crippen LogP contribution is -2.41. The largest absolute Gasteiger partial charge is 0.508 e. The van der Waals surface area contributed by atoms with Crippen LogP contribution in [0.2, 0.25) is 0 Å². The fourth-order valence-corrected chi connectivity index (χ4v) is 4.63. The smallest absolute Gasteiger partial charge is 0.169 e. The molecule has 4 heteroatoms. The molecule has 2 aliphatic rings. The molecule has 2 unspecified atom stereocenters. The highest BCUT2D eigenvalue weighted by Gasteiger charge is 2.45. The zero-order valence-corrected chi connectivity index (χ0v) is 17.2. The van der Waals surface area contributed by atoms with E-state index in [1.807, 2.05) is 12.1 Å². The Morgan fingerprint density at radius 2 is 1.89 bits per heavy atom. The van der Waals surface area contributed by atoms with Crippen molar-refractivity contribution in [2.24, 2.45) is 0 Å². The highest BCUT2D eigenvalue weighted by atomic mass is 16.7. The minimum Gasteiger partial charge on any atom is -0.508 e. The van der Waals surface area contributed by atoms with Crippen molar-refractivity contribution in [3.63, 3.8) is 0 Å². The van der Waals surface area contributed by atoms with E-state index in [4.69, 9.17) is 9.47 Å². The molecule has 1 saturated heterocycles. The average Bonchev–Trinajstić information content (AvgIpc) is 3.09. The molecule has 2 atom stereocenters. The van der Waals surface area contributed by atoms with E-state index < -0.39 is 11.9 Å². The van der Waals surface area contributed by atoms with Gasteiger partial charge in [-0.1, -0.05) is 58.6 Å².